The largest absolute Gasteiger partial charge is 0.502 e. The van der Waals surface area contributed by atoms with Crippen LogP contribution in [0, 0.1) is 5.82 Å². The van der Waals surface area contributed by atoms with E-state index in [2.05, 4.69) is 9.47 Å². The Bertz CT molecular complexity index is 362. The maximum Gasteiger partial charge on any atom is 0.340 e. The summed E-state index contributed by atoms with van der Waals surface area (Å²) in [7, 11) is 2.41. The Morgan fingerprint density at radius 1 is 1.43 bits per heavy atom. The highest BCUT2D eigenvalue weighted by molar-refractivity contribution is 5.90. The molecule has 1 N–H and O–H groups in total. The van der Waals surface area contributed by atoms with Gasteiger partial charge in [-0.2, -0.15) is 0 Å². The lowest BCUT2D eigenvalue weighted by Crippen LogP contribution is -2.04. The lowest BCUT2D eigenvalue weighted by molar-refractivity contribution is 0.0594. The molecule has 0 fully saturated rings. The molecular weight excluding hydrogens is 191 g/mol. The van der Waals surface area contributed by atoms with Gasteiger partial charge in [0.05, 0.1) is 19.8 Å². The van der Waals surface area contributed by atoms with Crippen molar-refractivity contribution in [1.29, 1.82) is 0 Å². The SMILES string of the molecule is COC(=O)c1ccc(OC)c(O)c1F. The summed E-state index contributed by atoms with van der Waals surface area (Å²) in [4.78, 5) is 11.0. The zero-order chi connectivity index (χ0) is 10.7. The van der Waals surface area contributed by atoms with E-state index in [0.29, 0.717) is 0 Å². The van der Waals surface area contributed by atoms with Crippen LogP contribution in [0.25, 0.3) is 0 Å². The molecule has 0 atom stereocenters. The van der Waals surface area contributed by atoms with Gasteiger partial charge in [0.15, 0.2) is 17.3 Å². The Hall–Kier alpha value is -1.78. The number of phenolic OH excluding ortho intramolecular Hbond substituents is 1. The van der Waals surface area contributed by atoms with Gasteiger partial charge in [-0.15, -0.1) is 0 Å². The van der Waals surface area contributed by atoms with Crippen LogP contribution in [0.15, 0.2) is 12.1 Å². The van der Waals surface area contributed by atoms with Crippen LogP contribution < -0.4 is 4.74 Å². The Balaban J connectivity index is 3.24. The highest BCUT2D eigenvalue weighted by Gasteiger charge is 2.18. The van der Waals surface area contributed by atoms with E-state index >= 15 is 0 Å². The van der Waals surface area contributed by atoms with Gasteiger partial charge in [-0.1, -0.05) is 0 Å². The van der Waals surface area contributed by atoms with Crippen molar-refractivity contribution in [2.75, 3.05) is 14.2 Å². The number of esters is 1. The van der Waals surface area contributed by atoms with E-state index in [-0.39, 0.29) is 11.3 Å². The van der Waals surface area contributed by atoms with Crippen LogP contribution in [0.3, 0.4) is 0 Å². The lowest BCUT2D eigenvalue weighted by atomic mass is 10.2. The second-order valence-corrected chi connectivity index (χ2v) is 2.47. The van der Waals surface area contributed by atoms with E-state index in [1.165, 1.54) is 19.2 Å². The molecule has 14 heavy (non-hydrogen) atoms. The number of carbonyl (C=O) groups is 1. The molecule has 0 bridgehead atoms. The van der Waals surface area contributed by atoms with Crippen LogP contribution in [0.1, 0.15) is 10.4 Å². The minimum atomic E-state index is -1.05. The number of aromatic hydroxyl groups is 1. The normalized spacial score (nSPS) is 9.64. The summed E-state index contributed by atoms with van der Waals surface area (Å²) < 4.78 is 22.2. The van der Waals surface area contributed by atoms with E-state index in [9.17, 15) is 14.3 Å². The van der Waals surface area contributed by atoms with Gasteiger partial charge in [0.1, 0.15) is 0 Å². The number of benzene rings is 1. The summed E-state index contributed by atoms with van der Waals surface area (Å²) in [5.41, 5.74) is -0.328. The van der Waals surface area contributed by atoms with E-state index in [1.807, 2.05) is 0 Å². The quantitative estimate of drug-likeness (QED) is 0.731. The number of hydrogen-bond acceptors (Lipinski definition) is 4. The summed E-state index contributed by atoms with van der Waals surface area (Å²) in [6, 6.07) is 2.46. The Kier molecular flexibility index (Phi) is 2.91. The topological polar surface area (TPSA) is 55.8 Å². The fraction of sp³-hybridized carbons (Fsp3) is 0.222. The number of carbonyl (C=O) groups excluding carboxylic acids is 1. The first kappa shape index (κ1) is 10.3. The second-order valence-electron chi connectivity index (χ2n) is 2.47. The summed E-state index contributed by atoms with van der Waals surface area (Å²) in [6.07, 6.45) is 0. The fourth-order valence-corrected chi connectivity index (χ4v) is 0.979. The van der Waals surface area contributed by atoms with Crippen molar-refractivity contribution in [3.05, 3.63) is 23.5 Å². The average molecular weight is 200 g/mol. The number of methoxy groups -OCH3 is 2. The molecule has 1 aromatic carbocycles. The molecule has 1 rings (SSSR count). The maximum atomic E-state index is 13.3. The molecule has 0 aliphatic carbocycles. The van der Waals surface area contributed by atoms with Crippen LogP contribution in [0.5, 0.6) is 11.5 Å². The first-order valence-electron chi connectivity index (χ1n) is 3.75. The predicted molar refractivity (Wildman–Crippen MR) is 46.0 cm³/mol. The predicted octanol–water partition coefficient (Wildman–Crippen LogP) is 1.33. The third kappa shape index (κ3) is 1.61. The van der Waals surface area contributed by atoms with Crippen molar-refractivity contribution in [1.82, 2.24) is 0 Å². The number of hydrogen-bond donors (Lipinski definition) is 1. The zero-order valence-electron chi connectivity index (χ0n) is 7.70. The number of rotatable bonds is 2. The molecular formula is C9H9FO4. The van der Waals surface area contributed by atoms with Crippen LogP contribution in [-0.2, 0) is 4.74 Å². The minimum Gasteiger partial charge on any atom is -0.502 e. The van der Waals surface area contributed by atoms with E-state index in [4.69, 9.17) is 0 Å². The van der Waals surface area contributed by atoms with E-state index < -0.39 is 17.5 Å². The molecule has 0 aromatic heterocycles. The highest BCUT2D eigenvalue weighted by atomic mass is 19.1. The van der Waals surface area contributed by atoms with Crippen molar-refractivity contribution in [2.24, 2.45) is 0 Å². The van der Waals surface area contributed by atoms with Crippen LogP contribution in [0.4, 0.5) is 4.39 Å². The highest BCUT2D eigenvalue weighted by Crippen LogP contribution is 2.30. The number of phenols is 1. The molecule has 0 spiro atoms. The standard InChI is InChI=1S/C9H9FO4/c1-13-6-4-3-5(9(12)14-2)7(10)8(6)11/h3-4,11H,1-2H3. The van der Waals surface area contributed by atoms with Gasteiger partial charge in [0.2, 0.25) is 0 Å². The van der Waals surface area contributed by atoms with Crippen molar-refractivity contribution < 1.29 is 23.8 Å². The summed E-state index contributed by atoms with van der Waals surface area (Å²) in [5.74, 6) is -2.62. The van der Waals surface area contributed by atoms with Crippen LogP contribution >= 0.6 is 0 Å². The first-order valence-corrected chi connectivity index (χ1v) is 3.75. The molecule has 0 heterocycles. The third-order valence-corrected chi connectivity index (χ3v) is 1.70. The third-order valence-electron chi connectivity index (χ3n) is 1.70. The van der Waals surface area contributed by atoms with Crippen LogP contribution in [0.2, 0.25) is 0 Å². The molecule has 0 saturated heterocycles. The molecule has 0 saturated carbocycles. The number of halogens is 1. The fourth-order valence-electron chi connectivity index (χ4n) is 0.979. The Morgan fingerprint density at radius 2 is 2.07 bits per heavy atom. The molecule has 0 unspecified atom stereocenters. The Morgan fingerprint density at radius 3 is 2.57 bits per heavy atom. The van der Waals surface area contributed by atoms with E-state index in [1.54, 1.807) is 0 Å². The van der Waals surface area contributed by atoms with Gasteiger partial charge in [-0.05, 0) is 12.1 Å². The average Bonchev–Trinajstić information content (AvgIpc) is 2.21. The smallest absolute Gasteiger partial charge is 0.340 e. The lowest BCUT2D eigenvalue weighted by Gasteiger charge is -2.06. The molecule has 76 valence electrons. The van der Waals surface area contributed by atoms with Gasteiger partial charge in [-0.3, -0.25) is 0 Å². The Labute approximate surface area is 79.9 Å². The first-order chi connectivity index (χ1) is 6.61. The van der Waals surface area contributed by atoms with Crippen molar-refractivity contribution in [3.63, 3.8) is 0 Å². The van der Waals surface area contributed by atoms with E-state index in [0.717, 1.165) is 7.11 Å². The van der Waals surface area contributed by atoms with Gasteiger partial charge in [-0.25, -0.2) is 9.18 Å². The monoisotopic (exact) mass is 200 g/mol. The molecule has 0 amide bonds. The molecule has 4 nitrogen and oxygen atoms in total. The molecule has 5 heteroatoms. The van der Waals surface area contributed by atoms with Gasteiger partial charge >= 0.3 is 5.97 Å². The van der Waals surface area contributed by atoms with Gasteiger partial charge in [0.25, 0.3) is 0 Å². The van der Waals surface area contributed by atoms with Gasteiger partial charge in [0, 0.05) is 0 Å². The van der Waals surface area contributed by atoms with Crippen LogP contribution in [-0.4, -0.2) is 25.3 Å². The van der Waals surface area contributed by atoms with Crippen molar-refractivity contribution in [2.45, 2.75) is 0 Å². The van der Waals surface area contributed by atoms with Crippen molar-refractivity contribution in [3.8, 4) is 11.5 Å². The number of ether oxygens (including phenoxy) is 2. The summed E-state index contributed by atoms with van der Waals surface area (Å²) in [6.45, 7) is 0. The minimum absolute atomic E-state index is 0.0323. The van der Waals surface area contributed by atoms with Gasteiger partial charge < -0.3 is 14.6 Å². The van der Waals surface area contributed by atoms with Crippen molar-refractivity contribution >= 4 is 5.97 Å². The molecule has 0 radical (unpaired) electrons. The maximum absolute atomic E-state index is 13.3. The summed E-state index contributed by atoms with van der Waals surface area (Å²) in [5, 5.41) is 9.22. The zero-order valence-corrected chi connectivity index (χ0v) is 7.70. The molecule has 0 aliphatic rings. The molecule has 1 aromatic rings. The molecule has 0 aliphatic heterocycles. The second kappa shape index (κ2) is 3.95. The summed E-state index contributed by atoms with van der Waals surface area (Å²) >= 11 is 0.